The number of thiazole rings is 1. The van der Waals surface area contributed by atoms with Gasteiger partial charge in [0.25, 0.3) is 0 Å². The van der Waals surface area contributed by atoms with Crippen LogP contribution < -0.4 is 0 Å². The maximum absolute atomic E-state index is 13.2. The molecule has 2 heterocycles. The highest BCUT2D eigenvalue weighted by Gasteiger charge is 2.18. The van der Waals surface area contributed by atoms with Gasteiger partial charge in [-0.3, -0.25) is 9.36 Å². The summed E-state index contributed by atoms with van der Waals surface area (Å²) in [6.07, 6.45) is 0. The third-order valence-corrected chi connectivity index (χ3v) is 10.3. The second kappa shape index (κ2) is 13.0. The quantitative estimate of drug-likeness (QED) is 0.111. The van der Waals surface area contributed by atoms with Gasteiger partial charge in [0.05, 0.1) is 16.0 Å². The van der Waals surface area contributed by atoms with E-state index < -0.39 is 0 Å². The van der Waals surface area contributed by atoms with E-state index in [1.807, 2.05) is 83.4 Å². The van der Waals surface area contributed by atoms with Crippen LogP contribution in [0, 0.1) is 0 Å². The van der Waals surface area contributed by atoms with Crippen molar-refractivity contribution in [1.82, 2.24) is 19.7 Å². The van der Waals surface area contributed by atoms with Crippen molar-refractivity contribution in [2.24, 2.45) is 0 Å². The largest absolute Gasteiger partial charge is 0.293 e. The normalized spacial score (nSPS) is 11.2. The standard InChI is InChI=1S/C36H26N4OS3/c41-32(28-21-19-27(20-22-28)26-9-3-1-4-10-26)24-42-35-39-38-34(40(35)30-11-5-2-6-12-30)29-17-15-25(16-18-29)23-43-36-37-31-13-7-8-14-33(31)44-36/h1-22H,23-24H2. The zero-order valence-electron chi connectivity index (χ0n) is 23.5. The van der Waals surface area contributed by atoms with Gasteiger partial charge in [0.2, 0.25) is 0 Å². The van der Waals surface area contributed by atoms with Crippen LogP contribution >= 0.6 is 34.9 Å². The van der Waals surface area contributed by atoms with E-state index in [9.17, 15) is 4.79 Å². The van der Waals surface area contributed by atoms with Gasteiger partial charge < -0.3 is 0 Å². The number of carbonyl (C=O) groups is 1. The summed E-state index contributed by atoms with van der Waals surface area (Å²) in [7, 11) is 0. The average molecular weight is 627 g/mol. The first-order valence-electron chi connectivity index (χ1n) is 14.1. The third kappa shape index (κ3) is 6.24. The number of fused-ring (bicyclic) bond motifs is 1. The molecule has 5 aromatic carbocycles. The Morgan fingerprint density at radius 2 is 1.32 bits per heavy atom. The predicted octanol–water partition coefficient (Wildman–Crippen LogP) is 9.48. The molecule has 0 atom stereocenters. The fraction of sp³-hybridized carbons (Fsp3) is 0.0556. The predicted molar refractivity (Wildman–Crippen MR) is 183 cm³/mol. The Hall–Kier alpha value is -4.50. The van der Waals surface area contributed by atoms with Crippen molar-refractivity contribution < 1.29 is 4.79 Å². The molecule has 0 unspecified atom stereocenters. The maximum Gasteiger partial charge on any atom is 0.196 e. The molecule has 0 saturated carbocycles. The highest BCUT2D eigenvalue weighted by molar-refractivity contribution is 8.00. The van der Waals surface area contributed by atoms with Gasteiger partial charge in [0, 0.05) is 22.6 Å². The highest BCUT2D eigenvalue weighted by atomic mass is 32.2. The first-order valence-corrected chi connectivity index (χ1v) is 16.9. The van der Waals surface area contributed by atoms with Crippen LogP contribution in [0.1, 0.15) is 15.9 Å². The SMILES string of the molecule is O=C(CSc1nnc(-c2ccc(CSc3nc4ccccc4s3)cc2)n1-c1ccccc1)c1ccc(-c2ccccc2)cc1. The molecule has 0 saturated heterocycles. The Morgan fingerprint density at radius 3 is 2.07 bits per heavy atom. The third-order valence-electron chi connectivity index (χ3n) is 7.14. The van der Waals surface area contributed by atoms with Crippen LogP contribution in [-0.2, 0) is 5.75 Å². The van der Waals surface area contributed by atoms with E-state index in [-0.39, 0.29) is 11.5 Å². The molecule has 8 heteroatoms. The summed E-state index contributed by atoms with van der Waals surface area (Å²) >= 11 is 4.88. The van der Waals surface area contributed by atoms with Crippen LogP contribution in [-0.4, -0.2) is 31.3 Å². The molecule has 0 aliphatic carbocycles. The molecule has 0 aliphatic heterocycles. The van der Waals surface area contributed by atoms with E-state index in [0.29, 0.717) is 10.7 Å². The Labute approximate surface area is 268 Å². The molecule has 44 heavy (non-hydrogen) atoms. The molecular formula is C36H26N4OS3. The van der Waals surface area contributed by atoms with Crippen molar-refractivity contribution in [2.45, 2.75) is 15.2 Å². The van der Waals surface area contributed by atoms with E-state index in [1.54, 1.807) is 23.1 Å². The minimum absolute atomic E-state index is 0.0498. The fourth-order valence-electron chi connectivity index (χ4n) is 4.86. The molecule has 0 bridgehead atoms. The molecule has 2 aromatic heterocycles. The zero-order valence-corrected chi connectivity index (χ0v) is 26.0. The highest BCUT2D eigenvalue weighted by Crippen LogP contribution is 2.33. The van der Waals surface area contributed by atoms with Gasteiger partial charge in [-0.1, -0.05) is 133 Å². The number of ketones is 1. The number of para-hydroxylation sites is 2. The lowest BCUT2D eigenvalue weighted by atomic mass is 10.0. The molecule has 7 aromatic rings. The lowest BCUT2D eigenvalue weighted by Crippen LogP contribution is -2.05. The van der Waals surface area contributed by atoms with Gasteiger partial charge in [0.15, 0.2) is 21.1 Å². The van der Waals surface area contributed by atoms with Crippen LogP contribution in [0.2, 0.25) is 0 Å². The monoisotopic (exact) mass is 626 g/mol. The van der Waals surface area contributed by atoms with Crippen molar-refractivity contribution in [2.75, 3.05) is 5.75 Å². The molecule has 0 aliphatic rings. The minimum atomic E-state index is 0.0498. The molecule has 0 amide bonds. The topological polar surface area (TPSA) is 60.7 Å². The van der Waals surface area contributed by atoms with E-state index in [2.05, 4.69) is 64.8 Å². The summed E-state index contributed by atoms with van der Waals surface area (Å²) in [5.41, 5.74) is 7.07. The minimum Gasteiger partial charge on any atom is -0.293 e. The van der Waals surface area contributed by atoms with Crippen molar-refractivity contribution >= 4 is 50.9 Å². The first kappa shape index (κ1) is 28.3. The molecule has 214 valence electrons. The van der Waals surface area contributed by atoms with Gasteiger partial charge in [-0.2, -0.15) is 0 Å². The number of hydrogen-bond donors (Lipinski definition) is 0. The lowest BCUT2D eigenvalue weighted by Gasteiger charge is -2.11. The summed E-state index contributed by atoms with van der Waals surface area (Å²) < 4.78 is 4.31. The number of benzene rings is 5. The van der Waals surface area contributed by atoms with Crippen LogP contribution in [0.15, 0.2) is 143 Å². The van der Waals surface area contributed by atoms with Crippen LogP contribution in [0.25, 0.3) is 38.4 Å². The number of rotatable bonds is 10. The number of nitrogens with zero attached hydrogens (tertiary/aromatic N) is 4. The number of thioether (sulfide) groups is 2. The van der Waals surface area contributed by atoms with Crippen molar-refractivity contribution in [3.05, 3.63) is 145 Å². The maximum atomic E-state index is 13.2. The number of carbonyl (C=O) groups excluding carboxylic acids is 1. The van der Waals surface area contributed by atoms with Gasteiger partial charge in [0.1, 0.15) is 0 Å². The van der Waals surface area contributed by atoms with E-state index in [0.717, 1.165) is 43.8 Å². The second-order valence-electron chi connectivity index (χ2n) is 10.1. The number of aromatic nitrogens is 4. The average Bonchev–Trinajstić information content (AvgIpc) is 3.71. The van der Waals surface area contributed by atoms with E-state index in [4.69, 9.17) is 4.98 Å². The summed E-state index contributed by atoms with van der Waals surface area (Å²) in [6.45, 7) is 0. The second-order valence-corrected chi connectivity index (χ2v) is 13.3. The number of Topliss-reactive ketones (excluding diaryl/α,β-unsaturated/α-hetero) is 1. The van der Waals surface area contributed by atoms with Crippen LogP contribution in [0.3, 0.4) is 0 Å². The lowest BCUT2D eigenvalue weighted by molar-refractivity contribution is 0.102. The van der Waals surface area contributed by atoms with Crippen molar-refractivity contribution in [3.8, 4) is 28.2 Å². The molecule has 7 rings (SSSR count). The molecular weight excluding hydrogens is 601 g/mol. The summed E-state index contributed by atoms with van der Waals surface area (Å²) in [4.78, 5) is 17.9. The Balaban J connectivity index is 1.07. The van der Waals surface area contributed by atoms with Gasteiger partial charge in [-0.05, 0) is 41.0 Å². The smallest absolute Gasteiger partial charge is 0.196 e. The molecule has 5 nitrogen and oxygen atoms in total. The van der Waals surface area contributed by atoms with E-state index in [1.165, 1.54) is 22.0 Å². The Kier molecular flexibility index (Phi) is 8.36. The molecule has 0 spiro atoms. The van der Waals surface area contributed by atoms with Crippen molar-refractivity contribution in [1.29, 1.82) is 0 Å². The Morgan fingerprint density at radius 1 is 0.659 bits per heavy atom. The van der Waals surface area contributed by atoms with Gasteiger partial charge in [-0.15, -0.1) is 21.5 Å². The molecule has 0 radical (unpaired) electrons. The fourth-order valence-corrected chi connectivity index (χ4v) is 7.73. The van der Waals surface area contributed by atoms with E-state index >= 15 is 0 Å². The van der Waals surface area contributed by atoms with Crippen LogP contribution in [0.5, 0.6) is 0 Å². The first-order chi connectivity index (χ1) is 21.7. The van der Waals surface area contributed by atoms with Gasteiger partial charge >= 0.3 is 0 Å². The van der Waals surface area contributed by atoms with Crippen LogP contribution in [0.4, 0.5) is 0 Å². The molecule has 0 N–H and O–H groups in total. The zero-order chi connectivity index (χ0) is 29.7. The summed E-state index contributed by atoms with van der Waals surface area (Å²) in [5.74, 6) is 1.89. The molecule has 0 fully saturated rings. The summed E-state index contributed by atoms with van der Waals surface area (Å²) in [5, 5.41) is 9.77. The summed E-state index contributed by atoms with van der Waals surface area (Å²) in [6, 6.07) is 44.7. The van der Waals surface area contributed by atoms with Crippen molar-refractivity contribution in [3.63, 3.8) is 0 Å². The van der Waals surface area contributed by atoms with Gasteiger partial charge in [-0.25, -0.2) is 4.98 Å². The number of hydrogen-bond acceptors (Lipinski definition) is 7. The Bertz CT molecular complexity index is 1990.